The van der Waals surface area contributed by atoms with Crippen molar-refractivity contribution in [2.75, 3.05) is 22.6 Å². The van der Waals surface area contributed by atoms with Crippen LogP contribution in [0.2, 0.25) is 0 Å². The van der Waals surface area contributed by atoms with Gasteiger partial charge in [0, 0.05) is 28.1 Å². The fourth-order valence-corrected chi connectivity index (χ4v) is 1.35. The van der Waals surface area contributed by atoms with E-state index >= 15 is 0 Å². The molecule has 0 saturated carbocycles. The van der Waals surface area contributed by atoms with E-state index in [0.717, 1.165) is 22.1 Å². The molecule has 2 aromatic rings. The van der Waals surface area contributed by atoms with Crippen LogP contribution in [0.1, 0.15) is 0 Å². The van der Waals surface area contributed by atoms with E-state index in [1.165, 1.54) is 30.3 Å². The molecule has 128 valence electrons. The summed E-state index contributed by atoms with van der Waals surface area (Å²) in [4.78, 5) is 0. The molecule has 2 aromatic carbocycles. The van der Waals surface area contributed by atoms with E-state index < -0.39 is 5.82 Å². The Morgan fingerprint density at radius 1 is 0.826 bits per heavy atom. The monoisotopic (exact) mass is 516 g/mol. The molecule has 0 heterocycles. The van der Waals surface area contributed by atoms with E-state index in [-0.39, 0.29) is 11.6 Å². The van der Waals surface area contributed by atoms with Crippen molar-refractivity contribution in [3.63, 3.8) is 0 Å². The van der Waals surface area contributed by atoms with Gasteiger partial charge in [-0.05, 0) is 24.3 Å². The summed E-state index contributed by atoms with van der Waals surface area (Å²) >= 11 is 9.61. The third kappa shape index (κ3) is 13.5. The van der Waals surface area contributed by atoms with Crippen molar-refractivity contribution in [3.05, 3.63) is 60.2 Å². The molecule has 0 aliphatic carbocycles. The van der Waals surface area contributed by atoms with E-state index in [9.17, 15) is 8.78 Å². The molecule has 1 N–H and O–H groups in total. The Balaban J connectivity index is 0.000000354. The summed E-state index contributed by atoms with van der Waals surface area (Å²) in [7, 11) is 0. The van der Waals surface area contributed by atoms with Crippen LogP contribution in [0.15, 0.2) is 48.5 Å². The van der Waals surface area contributed by atoms with Crippen molar-refractivity contribution in [2.45, 2.75) is 0 Å². The van der Waals surface area contributed by atoms with E-state index in [1.807, 2.05) is 0 Å². The lowest BCUT2D eigenvalue weighted by Crippen LogP contribution is -1.97. The number of rotatable bonds is 4. The first-order chi connectivity index (χ1) is 11.0. The number of ether oxygens (including phenoxy) is 1. The van der Waals surface area contributed by atoms with Gasteiger partial charge in [-0.25, -0.2) is 8.78 Å². The zero-order valence-corrected chi connectivity index (χ0v) is 17.0. The van der Waals surface area contributed by atoms with Gasteiger partial charge in [0.15, 0.2) is 0 Å². The Bertz CT molecular complexity index is 523. The maximum atomic E-state index is 12.5. The Hall–Kier alpha value is -0.660. The first kappa shape index (κ1) is 22.3. The average Bonchev–Trinajstić information content (AvgIpc) is 2.53. The van der Waals surface area contributed by atoms with Crippen molar-refractivity contribution in [2.24, 2.45) is 0 Å². The zero-order chi connectivity index (χ0) is 17.5. The van der Waals surface area contributed by atoms with Gasteiger partial charge in [-0.2, -0.15) is 0 Å². The zero-order valence-electron chi connectivity index (χ0n) is 12.2. The number of phenolic OH excluding ortho intramolecular Hbond substituents is 1. The summed E-state index contributed by atoms with van der Waals surface area (Å²) in [5, 5.41) is 11.4. The molecule has 7 heteroatoms. The van der Waals surface area contributed by atoms with Crippen LogP contribution >= 0.6 is 47.8 Å². The molecule has 0 aliphatic heterocycles. The highest BCUT2D eigenvalue weighted by molar-refractivity contribution is 9.12. The van der Waals surface area contributed by atoms with Crippen LogP contribution in [0.4, 0.5) is 8.78 Å². The number of hydrogen-bond acceptors (Lipinski definition) is 2. The Labute approximate surface area is 160 Å². The van der Waals surface area contributed by atoms with Gasteiger partial charge in [0.25, 0.3) is 0 Å². The van der Waals surface area contributed by atoms with Gasteiger partial charge in [0.05, 0.1) is 6.61 Å². The van der Waals surface area contributed by atoms with Gasteiger partial charge in [0.2, 0.25) is 0 Å². The highest BCUT2D eigenvalue weighted by Crippen LogP contribution is 2.11. The second-order valence-electron chi connectivity index (χ2n) is 3.85. The highest BCUT2D eigenvalue weighted by atomic mass is 79.9. The second-order valence-corrected chi connectivity index (χ2v) is 6.23. The van der Waals surface area contributed by atoms with Gasteiger partial charge < -0.3 is 9.84 Å². The number of benzene rings is 2. The number of alkyl halides is 3. The lowest BCUT2D eigenvalue weighted by molar-refractivity contribution is 0.343. The third-order valence-corrected chi connectivity index (χ3v) is 4.20. The maximum Gasteiger partial charge on any atom is 0.126 e. The molecule has 23 heavy (non-hydrogen) atoms. The topological polar surface area (TPSA) is 29.5 Å². The van der Waals surface area contributed by atoms with E-state index in [1.54, 1.807) is 12.1 Å². The number of aromatic hydroxyl groups is 1. The molecule has 0 aliphatic rings. The highest BCUT2D eigenvalue weighted by Gasteiger charge is 1.93. The van der Waals surface area contributed by atoms with Crippen LogP contribution < -0.4 is 4.74 Å². The summed E-state index contributed by atoms with van der Waals surface area (Å²) in [6, 6.07) is 11.3. The average molecular weight is 519 g/mol. The molecular formula is C16H17Br3F2O2. The number of halogens is 5. The molecule has 0 amide bonds. The predicted molar refractivity (Wildman–Crippen MR) is 101 cm³/mol. The first-order valence-corrected chi connectivity index (χ1v) is 9.90. The Morgan fingerprint density at radius 2 is 1.39 bits per heavy atom. The second kappa shape index (κ2) is 14.9. The molecule has 0 radical (unpaired) electrons. The summed E-state index contributed by atoms with van der Waals surface area (Å²) in [5.41, 5.74) is 0. The molecule has 0 fully saturated rings. The minimum Gasteiger partial charge on any atom is -0.508 e. The number of hydrogen-bond donors (Lipinski definition) is 1. The minimum absolute atomic E-state index is 0.0370. The largest absolute Gasteiger partial charge is 0.508 e. The van der Waals surface area contributed by atoms with E-state index in [0.29, 0.717) is 12.4 Å². The van der Waals surface area contributed by atoms with Gasteiger partial charge >= 0.3 is 0 Å². The van der Waals surface area contributed by atoms with Crippen LogP contribution in [-0.2, 0) is 0 Å². The fourth-order valence-electron chi connectivity index (χ4n) is 1.19. The lowest BCUT2D eigenvalue weighted by Gasteiger charge is -2.02. The van der Waals surface area contributed by atoms with Crippen LogP contribution in [0, 0.1) is 11.6 Å². The van der Waals surface area contributed by atoms with Crippen molar-refractivity contribution in [1.29, 1.82) is 0 Å². The molecular weight excluding hydrogens is 502 g/mol. The van der Waals surface area contributed by atoms with Gasteiger partial charge in [-0.15, -0.1) is 0 Å². The van der Waals surface area contributed by atoms with Crippen molar-refractivity contribution >= 4 is 47.8 Å². The molecule has 2 nitrogen and oxygen atoms in total. The van der Waals surface area contributed by atoms with Gasteiger partial charge in [-0.1, -0.05) is 59.9 Å². The summed E-state index contributed by atoms with van der Waals surface area (Å²) in [6.07, 6.45) is 0. The minimum atomic E-state index is -0.412. The molecule has 0 saturated heterocycles. The molecule has 0 spiro atoms. The van der Waals surface area contributed by atoms with Gasteiger partial charge in [0.1, 0.15) is 23.1 Å². The normalized spacial score (nSPS) is 9.09. The quantitative estimate of drug-likeness (QED) is 0.510. The SMILES string of the molecule is BrCCBr.Fc1cccc(OCCBr)c1.Oc1cccc(F)c1. The van der Waals surface area contributed by atoms with E-state index in [2.05, 4.69) is 47.8 Å². The maximum absolute atomic E-state index is 12.5. The molecule has 0 aromatic heterocycles. The summed E-state index contributed by atoms with van der Waals surface area (Å²) in [5.74, 6) is -0.142. The first-order valence-electron chi connectivity index (χ1n) is 6.54. The molecule has 0 bridgehead atoms. The standard InChI is InChI=1S/C8H8BrFO.C6H5FO.C2H4Br2/c9-4-5-11-8-3-1-2-7(10)6-8;7-5-2-1-3-6(8)4-5;3-1-2-4/h1-3,6H,4-5H2;1-4,8H;1-2H2. The lowest BCUT2D eigenvalue weighted by atomic mass is 10.3. The van der Waals surface area contributed by atoms with Gasteiger partial charge in [-0.3, -0.25) is 0 Å². The number of phenols is 1. The predicted octanol–water partition coefficient (Wildman–Crippen LogP) is 5.91. The molecule has 0 atom stereocenters. The Morgan fingerprint density at radius 3 is 1.78 bits per heavy atom. The summed E-state index contributed by atoms with van der Waals surface area (Å²) in [6.45, 7) is 0.559. The van der Waals surface area contributed by atoms with Crippen LogP contribution in [0.5, 0.6) is 11.5 Å². The van der Waals surface area contributed by atoms with Crippen LogP contribution in [-0.4, -0.2) is 27.7 Å². The van der Waals surface area contributed by atoms with Crippen LogP contribution in [0.3, 0.4) is 0 Å². The molecule has 2 rings (SSSR count). The fraction of sp³-hybridized carbons (Fsp3) is 0.250. The van der Waals surface area contributed by atoms with Crippen molar-refractivity contribution in [3.8, 4) is 11.5 Å². The van der Waals surface area contributed by atoms with Crippen molar-refractivity contribution in [1.82, 2.24) is 0 Å². The smallest absolute Gasteiger partial charge is 0.126 e. The van der Waals surface area contributed by atoms with Crippen LogP contribution in [0.25, 0.3) is 0 Å². The Kier molecular flexibility index (Phi) is 14.5. The van der Waals surface area contributed by atoms with Crippen molar-refractivity contribution < 1.29 is 18.6 Å². The summed E-state index contributed by atoms with van der Waals surface area (Å²) < 4.78 is 29.7. The third-order valence-electron chi connectivity index (χ3n) is 2.02. The molecule has 0 unspecified atom stereocenters. The van der Waals surface area contributed by atoms with E-state index in [4.69, 9.17) is 9.84 Å².